The number of nitrogens with zero attached hydrogens (tertiary/aromatic N) is 1. The number of halogens is 1. The molecule has 1 aliphatic rings. The van der Waals surface area contributed by atoms with E-state index in [0.717, 1.165) is 19.5 Å². The van der Waals surface area contributed by atoms with E-state index in [1.807, 2.05) is 7.05 Å². The van der Waals surface area contributed by atoms with Gasteiger partial charge in [0.25, 0.3) is 0 Å². The van der Waals surface area contributed by atoms with Gasteiger partial charge < -0.3 is 10.2 Å². The molecule has 1 heterocycles. The number of hydrogen-bond acceptors (Lipinski definition) is 2. The van der Waals surface area contributed by atoms with Crippen molar-refractivity contribution in [1.82, 2.24) is 10.2 Å². The van der Waals surface area contributed by atoms with E-state index in [1.165, 1.54) is 19.3 Å². The van der Waals surface area contributed by atoms with E-state index in [2.05, 4.69) is 10.2 Å². The number of rotatable bonds is 5. The number of nitrogens with one attached hydrogen (secondary N) is 1. The average molecular weight is 188 g/mol. The summed E-state index contributed by atoms with van der Waals surface area (Å²) >= 11 is 0. The van der Waals surface area contributed by atoms with Crippen LogP contribution in [0.25, 0.3) is 0 Å². The zero-order chi connectivity index (χ0) is 9.52. The molecule has 2 nitrogen and oxygen atoms in total. The molecule has 1 fully saturated rings. The smallest absolute Gasteiger partial charge is 0.102 e. The second kappa shape index (κ2) is 6.33. The van der Waals surface area contributed by atoms with Gasteiger partial charge in [-0.2, -0.15) is 0 Å². The standard InChI is InChI=1S/C10H21FN2/c1-13(9-6-11)8-5-10-4-2-3-7-12-10/h10,12H,2-9H2,1H3. The normalized spacial score (nSPS) is 23.8. The lowest BCUT2D eigenvalue weighted by Crippen LogP contribution is -2.37. The van der Waals surface area contributed by atoms with Crippen molar-refractivity contribution in [1.29, 1.82) is 0 Å². The predicted molar refractivity (Wildman–Crippen MR) is 53.7 cm³/mol. The Morgan fingerprint density at radius 3 is 2.85 bits per heavy atom. The zero-order valence-electron chi connectivity index (χ0n) is 8.56. The van der Waals surface area contributed by atoms with Crippen molar-refractivity contribution in [3.05, 3.63) is 0 Å². The van der Waals surface area contributed by atoms with Crippen molar-refractivity contribution in [2.24, 2.45) is 0 Å². The highest BCUT2D eigenvalue weighted by Crippen LogP contribution is 2.10. The van der Waals surface area contributed by atoms with Crippen molar-refractivity contribution in [2.75, 3.05) is 33.4 Å². The Hall–Kier alpha value is -0.150. The van der Waals surface area contributed by atoms with Gasteiger partial charge in [-0.15, -0.1) is 0 Å². The molecule has 1 unspecified atom stereocenters. The maximum absolute atomic E-state index is 12.0. The summed E-state index contributed by atoms with van der Waals surface area (Å²) in [7, 11) is 1.99. The van der Waals surface area contributed by atoms with Crippen molar-refractivity contribution < 1.29 is 4.39 Å². The molecule has 3 heteroatoms. The van der Waals surface area contributed by atoms with E-state index in [4.69, 9.17) is 0 Å². The van der Waals surface area contributed by atoms with Crippen molar-refractivity contribution in [3.63, 3.8) is 0 Å². The third-order valence-electron chi connectivity index (χ3n) is 2.74. The fourth-order valence-electron chi connectivity index (χ4n) is 1.80. The Balaban J connectivity index is 2.03. The molecule has 1 saturated heterocycles. The number of hydrogen-bond donors (Lipinski definition) is 1. The van der Waals surface area contributed by atoms with E-state index in [0.29, 0.717) is 12.6 Å². The summed E-state index contributed by atoms with van der Waals surface area (Å²) in [5.74, 6) is 0. The lowest BCUT2D eigenvalue weighted by molar-refractivity contribution is 0.266. The van der Waals surface area contributed by atoms with E-state index < -0.39 is 0 Å². The van der Waals surface area contributed by atoms with Crippen molar-refractivity contribution in [2.45, 2.75) is 31.7 Å². The van der Waals surface area contributed by atoms with Crippen LogP contribution in [0.2, 0.25) is 0 Å². The molecule has 1 N–H and O–H groups in total. The minimum atomic E-state index is -0.228. The minimum Gasteiger partial charge on any atom is -0.314 e. The van der Waals surface area contributed by atoms with Gasteiger partial charge in [-0.25, -0.2) is 4.39 Å². The molecular formula is C10H21FN2. The van der Waals surface area contributed by atoms with Crippen LogP contribution < -0.4 is 5.32 Å². The van der Waals surface area contributed by atoms with Crippen LogP contribution in [0.3, 0.4) is 0 Å². The Bertz CT molecular complexity index is 124. The molecule has 1 atom stereocenters. The third-order valence-corrected chi connectivity index (χ3v) is 2.74. The Labute approximate surface area is 80.5 Å². The zero-order valence-corrected chi connectivity index (χ0v) is 8.56. The van der Waals surface area contributed by atoms with E-state index in [1.54, 1.807) is 0 Å². The molecule has 0 aromatic rings. The second-order valence-electron chi connectivity index (χ2n) is 3.93. The summed E-state index contributed by atoms with van der Waals surface area (Å²) in [6.07, 6.45) is 5.13. The van der Waals surface area contributed by atoms with Crippen LogP contribution in [0.4, 0.5) is 4.39 Å². The van der Waals surface area contributed by atoms with Crippen LogP contribution in [-0.4, -0.2) is 44.3 Å². The number of piperidine rings is 1. The summed E-state index contributed by atoms with van der Waals surface area (Å²) in [6.45, 7) is 2.53. The van der Waals surface area contributed by atoms with Crippen LogP contribution in [0, 0.1) is 0 Å². The van der Waals surface area contributed by atoms with Crippen LogP contribution in [-0.2, 0) is 0 Å². The highest BCUT2D eigenvalue weighted by atomic mass is 19.1. The van der Waals surface area contributed by atoms with Gasteiger partial charge in [-0.3, -0.25) is 0 Å². The molecule has 0 spiro atoms. The first-order valence-corrected chi connectivity index (χ1v) is 5.31. The average Bonchev–Trinajstić information content (AvgIpc) is 2.17. The lowest BCUT2D eigenvalue weighted by Gasteiger charge is -2.25. The lowest BCUT2D eigenvalue weighted by atomic mass is 10.0. The monoisotopic (exact) mass is 188 g/mol. The predicted octanol–water partition coefficient (Wildman–Crippen LogP) is 1.42. The van der Waals surface area contributed by atoms with Gasteiger partial charge >= 0.3 is 0 Å². The summed E-state index contributed by atoms with van der Waals surface area (Å²) in [5, 5.41) is 3.50. The number of alkyl halides is 1. The Kier molecular flexibility index (Phi) is 5.32. The van der Waals surface area contributed by atoms with Crippen LogP contribution in [0.15, 0.2) is 0 Å². The van der Waals surface area contributed by atoms with Crippen LogP contribution in [0.1, 0.15) is 25.7 Å². The molecule has 0 aliphatic carbocycles. The van der Waals surface area contributed by atoms with Crippen LogP contribution >= 0.6 is 0 Å². The van der Waals surface area contributed by atoms with Gasteiger partial charge in [-0.1, -0.05) is 6.42 Å². The van der Waals surface area contributed by atoms with E-state index in [9.17, 15) is 4.39 Å². The summed E-state index contributed by atoms with van der Waals surface area (Å²) in [5.41, 5.74) is 0. The molecule has 0 saturated carbocycles. The molecule has 0 aromatic carbocycles. The first-order chi connectivity index (χ1) is 6.33. The van der Waals surface area contributed by atoms with Crippen molar-refractivity contribution in [3.8, 4) is 0 Å². The fraction of sp³-hybridized carbons (Fsp3) is 1.00. The Morgan fingerprint density at radius 1 is 1.38 bits per heavy atom. The van der Waals surface area contributed by atoms with Crippen molar-refractivity contribution >= 4 is 0 Å². The molecule has 1 aliphatic heterocycles. The molecule has 13 heavy (non-hydrogen) atoms. The fourth-order valence-corrected chi connectivity index (χ4v) is 1.80. The molecular weight excluding hydrogens is 167 g/mol. The maximum atomic E-state index is 12.0. The van der Waals surface area contributed by atoms with Gasteiger partial charge in [0.05, 0.1) is 0 Å². The first kappa shape index (κ1) is 10.9. The molecule has 0 bridgehead atoms. The van der Waals surface area contributed by atoms with E-state index >= 15 is 0 Å². The molecule has 0 radical (unpaired) electrons. The summed E-state index contributed by atoms with van der Waals surface area (Å²) < 4.78 is 12.0. The van der Waals surface area contributed by atoms with Gasteiger partial charge in [0.2, 0.25) is 0 Å². The molecule has 78 valence electrons. The highest BCUT2D eigenvalue weighted by molar-refractivity contribution is 4.72. The highest BCUT2D eigenvalue weighted by Gasteiger charge is 2.12. The summed E-state index contributed by atoms with van der Waals surface area (Å²) in [6, 6.07) is 0.677. The van der Waals surface area contributed by atoms with Gasteiger partial charge in [0.15, 0.2) is 0 Å². The topological polar surface area (TPSA) is 15.3 Å². The third kappa shape index (κ3) is 4.58. The minimum absolute atomic E-state index is 0.228. The molecule has 1 rings (SSSR count). The first-order valence-electron chi connectivity index (χ1n) is 5.31. The van der Waals surface area contributed by atoms with Crippen LogP contribution in [0.5, 0.6) is 0 Å². The Morgan fingerprint density at radius 2 is 2.23 bits per heavy atom. The van der Waals surface area contributed by atoms with Gasteiger partial charge in [0.1, 0.15) is 6.67 Å². The largest absolute Gasteiger partial charge is 0.314 e. The summed E-state index contributed by atoms with van der Waals surface area (Å²) in [4.78, 5) is 2.07. The maximum Gasteiger partial charge on any atom is 0.102 e. The quantitative estimate of drug-likeness (QED) is 0.702. The SMILES string of the molecule is CN(CCF)CCC1CCCCN1. The molecule has 0 amide bonds. The van der Waals surface area contributed by atoms with E-state index in [-0.39, 0.29) is 6.67 Å². The molecule has 0 aromatic heterocycles. The van der Waals surface area contributed by atoms with Gasteiger partial charge in [-0.05, 0) is 39.4 Å². The second-order valence-corrected chi connectivity index (χ2v) is 3.93. The van der Waals surface area contributed by atoms with Gasteiger partial charge in [0, 0.05) is 12.6 Å².